The van der Waals surface area contributed by atoms with Gasteiger partial charge in [-0.2, -0.15) is 0 Å². The average Bonchev–Trinajstić information content (AvgIpc) is 3.40. The van der Waals surface area contributed by atoms with Gasteiger partial charge in [-0.25, -0.2) is 4.79 Å². The standard InChI is InChI=1S/C21H24N2O4/c1-21(2,22)18(20(26)27-3)23-19(25)15-10-8-14(9-11-15)6-4-5-7-16-12-17(16)13-24/h8-11,16-18,24H,12-13,22H2,1-3H3,(H,23,25)/t16-,17+,18+/m0/s1. The van der Waals surface area contributed by atoms with E-state index >= 15 is 0 Å². The van der Waals surface area contributed by atoms with Gasteiger partial charge in [0.05, 0.1) is 7.11 Å². The summed E-state index contributed by atoms with van der Waals surface area (Å²) in [6.07, 6.45) is 0.932. The summed E-state index contributed by atoms with van der Waals surface area (Å²) in [4.78, 5) is 24.2. The zero-order valence-corrected chi connectivity index (χ0v) is 15.7. The summed E-state index contributed by atoms with van der Waals surface area (Å²) in [5, 5.41) is 11.6. The number of carbonyl (C=O) groups excluding carboxylic acids is 2. The summed E-state index contributed by atoms with van der Waals surface area (Å²) >= 11 is 0. The van der Waals surface area contributed by atoms with Gasteiger partial charge in [-0.15, -0.1) is 0 Å². The number of nitrogens with one attached hydrogen (secondary N) is 1. The molecule has 4 N–H and O–H groups in total. The molecule has 6 heteroatoms. The van der Waals surface area contributed by atoms with E-state index < -0.39 is 23.5 Å². The van der Waals surface area contributed by atoms with Crippen molar-refractivity contribution in [1.82, 2.24) is 5.32 Å². The van der Waals surface area contributed by atoms with Crippen LogP contribution in [0, 0.1) is 35.5 Å². The predicted molar refractivity (Wildman–Crippen MR) is 101 cm³/mol. The lowest BCUT2D eigenvalue weighted by atomic mass is 9.95. The number of aliphatic hydroxyl groups excluding tert-OH is 1. The lowest BCUT2D eigenvalue weighted by molar-refractivity contribution is -0.144. The van der Waals surface area contributed by atoms with E-state index in [0.717, 1.165) is 12.0 Å². The first-order chi connectivity index (χ1) is 12.8. The number of nitrogens with two attached hydrogens (primary N) is 1. The van der Waals surface area contributed by atoms with Gasteiger partial charge >= 0.3 is 5.97 Å². The smallest absolute Gasteiger partial charge is 0.330 e. The minimum Gasteiger partial charge on any atom is -0.467 e. The maximum atomic E-state index is 12.4. The van der Waals surface area contributed by atoms with E-state index in [0.29, 0.717) is 11.5 Å². The third-order valence-corrected chi connectivity index (χ3v) is 4.29. The van der Waals surface area contributed by atoms with Crippen molar-refractivity contribution >= 4 is 11.9 Å². The fourth-order valence-corrected chi connectivity index (χ4v) is 2.44. The van der Waals surface area contributed by atoms with Crippen LogP contribution in [0.15, 0.2) is 24.3 Å². The van der Waals surface area contributed by atoms with Crippen LogP contribution in [0.3, 0.4) is 0 Å². The molecule has 1 aromatic carbocycles. The number of methoxy groups -OCH3 is 1. The Morgan fingerprint density at radius 3 is 2.52 bits per heavy atom. The molecule has 0 spiro atoms. The van der Waals surface area contributed by atoms with Gasteiger partial charge in [-0.1, -0.05) is 11.8 Å². The number of rotatable bonds is 5. The maximum absolute atomic E-state index is 12.4. The van der Waals surface area contributed by atoms with E-state index in [9.17, 15) is 9.59 Å². The van der Waals surface area contributed by atoms with Crippen molar-refractivity contribution in [2.24, 2.45) is 17.6 Å². The second kappa shape index (κ2) is 8.73. The van der Waals surface area contributed by atoms with Gasteiger partial charge in [0.25, 0.3) is 5.91 Å². The monoisotopic (exact) mass is 368 g/mol. The molecule has 0 saturated heterocycles. The fraction of sp³-hybridized carbons (Fsp3) is 0.429. The number of carbonyl (C=O) groups is 2. The molecule has 3 atom stereocenters. The molecule has 1 saturated carbocycles. The van der Waals surface area contributed by atoms with Crippen LogP contribution in [0.5, 0.6) is 0 Å². The quantitative estimate of drug-likeness (QED) is 0.524. The molecule has 1 aliphatic rings. The van der Waals surface area contributed by atoms with Crippen molar-refractivity contribution in [2.45, 2.75) is 31.8 Å². The molecular weight excluding hydrogens is 344 g/mol. The van der Waals surface area contributed by atoms with Gasteiger partial charge in [0, 0.05) is 29.2 Å². The Morgan fingerprint density at radius 2 is 2.00 bits per heavy atom. The van der Waals surface area contributed by atoms with Crippen LogP contribution in [0.2, 0.25) is 0 Å². The number of benzene rings is 1. The van der Waals surface area contributed by atoms with Crippen molar-refractivity contribution in [3.8, 4) is 23.7 Å². The minimum absolute atomic E-state index is 0.175. The summed E-state index contributed by atoms with van der Waals surface area (Å²) < 4.78 is 4.71. The number of aliphatic hydroxyl groups is 1. The van der Waals surface area contributed by atoms with E-state index in [4.69, 9.17) is 15.6 Å². The lowest BCUT2D eigenvalue weighted by Crippen LogP contribution is -2.59. The van der Waals surface area contributed by atoms with Gasteiger partial charge in [0.15, 0.2) is 0 Å². The second-order valence-electron chi connectivity index (χ2n) is 7.13. The van der Waals surface area contributed by atoms with E-state index in [1.807, 2.05) is 0 Å². The zero-order valence-electron chi connectivity index (χ0n) is 15.7. The Balaban J connectivity index is 2.00. The third-order valence-electron chi connectivity index (χ3n) is 4.29. The highest BCUT2D eigenvalue weighted by Gasteiger charge is 2.35. The first-order valence-corrected chi connectivity index (χ1v) is 8.66. The topological polar surface area (TPSA) is 102 Å². The molecule has 1 aromatic rings. The zero-order chi connectivity index (χ0) is 20.0. The molecule has 6 nitrogen and oxygen atoms in total. The predicted octanol–water partition coefficient (Wildman–Crippen LogP) is 0.679. The number of hydrogen-bond donors (Lipinski definition) is 3. The summed E-state index contributed by atoms with van der Waals surface area (Å²) in [6, 6.07) is 5.69. The van der Waals surface area contributed by atoms with Gasteiger partial charge in [-0.05, 0) is 62.3 Å². The molecule has 0 bridgehead atoms. The first-order valence-electron chi connectivity index (χ1n) is 8.66. The van der Waals surface area contributed by atoms with Gasteiger partial charge in [0.2, 0.25) is 0 Å². The molecule has 0 aliphatic heterocycles. The molecule has 0 radical (unpaired) electrons. The van der Waals surface area contributed by atoms with Gasteiger partial charge in [0.1, 0.15) is 6.04 Å². The molecule has 0 aromatic heterocycles. The molecule has 27 heavy (non-hydrogen) atoms. The van der Waals surface area contributed by atoms with Crippen molar-refractivity contribution in [3.63, 3.8) is 0 Å². The van der Waals surface area contributed by atoms with Crippen molar-refractivity contribution in [3.05, 3.63) is 35.4 Å². The summed E-state index contributed by atoms with van der Waals surface area (Å²) in [6.45, 7) is 3.45. The SMILES string of the molecule is COC(=O)[C@@H](NC(=O)c1ccc(C#CC#C[C@H]2C[C@@H]2CO)cc1)C(C)(C)N. The van der Waals surface area contributed by atoms with E-state index in [1.165, 1.54) is 7.11 Å². The fourth-order valence-electron chi connectivity index (χ4n) is 2.44. The first kappa shape index (κ1) is 20.5. The van der Waals surface area contributed by atoms with Gasteiger partial charge < -0.3 is 20.9 Å². The normalized spacial score (nSPS) is 18.9. The van der Waals surface area contributed by atoms with E-state index in [-0.39, 0.29) is 12.5 Å². The number of amides is 1. The molecule has 2 rings (SSSR count). The maximum Gasteiger partial charge on any atom is 0.330 e. The molecule has 1 aliphatic carbocycles. The molecule has 1 amide bonds. The summed E-state index contributed by atoms with van der Waals surface area (Å²) in [5.74, 6) is 11.0. The number of hydrogen-bond acceptors (Lipinski definition) is 5. The molecule has 0 heterocycles. The third kappa shape index (κ3) is 5.86. The Morgan fingerprint density at radius 1 is 1.33 bits per heavy atom. The average molecular weight is 368 g/mol. The highest BCUT2D eigenvalue weighted by Crippen LogP contribution is 2.36. The molecular formula is C21H24N2O4. The van der Waals surface area contributed by atoms with E-state index in [1.54, 1.807) is 38.1 Å². The van der Waals surface area contributed by atoms with Crippen LogP contribution < -0.4 is 11.1 Å². The van der Waals surface area contributed by atoms with E-state index in [2.05, 4.69) is 29.0 Å². The van der Waals surface area contributed by atoms with Crippen LogP contribution in [-0.4, -0.2) is 42.3 Å². The second-order valence-corrected chi connectivity index (χ2v) is 7.13. The van der Waals surface area contributed by atoms with Crippen LogP contribution >= 0.6 is 0 Å². The largest absolute Gasteiger partial charge is 0.467 e. The van der Waals surface area contributed by atoms with Gasteiger partial charge in [-0.3, -0.25) is 4.79 Å². The van der Waals surface area contributed by atoms with Crippen LogP contribution in [0.4, 0.5) is 0 Å². The van der Waals surface area contributed by atoms with Crippen molar-refractivity contribution < 1.29 is 19.4 Å². The van der Waals surface area contributed by atoms with Crippen LogP contribution in [0.25, 0.3) is 0 Å². The Bertz CT molecular complexity index is 816. The Kier molecular flexibility index (Phi) is 6.63. The minimum atomic E-state index is -0.969. The Labute approximate surface area is 159 Å². The van der Waals surface area contributed by atoms with Crippen molar-refractivity contribution in [2.75, 3.05) is 13.7 Å². The molecule has 1 fully saturated rings. The number of ether oxygens (including phenoxy) is 1. The highest BCUT2D eigenvalue weighted by atomic mass is 16.5. The number of esters is 1. The summed E-state index contributed by atoms with van der Waals surface area (Å²) in [7, 11) is 1.25. The van der Waals surface area contributed by atoms with Crippen LogP contribution in [0.1, 0.15) is 36.2 Å². The lowest BCUT2D eigenvalue weighted by Gasteiger charge is -2.28. The van der Waals surface area contributed by atoms with Crippen molar-refractivity contribution in [1.29, 1.82) is 0 Å². The highest BCUT2D eigenvalue weighted by molar-refractivity contribution is 5.97. The Hall–Kier alpha value is -2.80. The summed E-state index contributed by atoms with van der Waals surface area (Å²) in [5.41, 5.74) is 6.09. The molecule has 142 valence electrons. The molecule has 0 unspecified atom stereocenters. The van der Waals surface area contributed by atoms with Crippen LogP contribution in [-0.2, 0) is 9.53 Å².